The van der Waals surface area contributed by atoms with Crippen molar-refractivity contribution in [1.82, 2.24) is 9.62 Å². The highest BCUT2D eigenvalue weighted by atomic mass is 32.2. The van der Waals surface area contributed by atoms with Crippen molar-refractivity contribution in [2.24, 2.45) is 11.8 Å². The van der Waals surface area contributed by atoms with Crippen LogP contribution in [0.5, 0.6) is 5.75 Å². The molecule has 2 fully saturated rings. The maximum atomic E-state index is 12.4. The lowest BCUT2D eigenvalue weighted by Crippen LogP contribution is -2.48. The average molecular weight is 595 g/mol. The fourth-order valence-electron chi connectivity index (χ4n) is 6.05. The van der Waals surface area contributed by atoms with Gasteiger partial charge >= 0.3 is 0 Å². The van der Waals surface area contributed by atoms with Gasteiger partial charge in [0.1, 0.15) is 12.4 Å². The van der Waals surface area contributed by atoms with Crippen LogP contribution in [0.15, 0.2) is 114 Å². The van der Waals surface area contributed by atoms with E-state index < -0.39 is 15.9 Å². The quantitative estimate of drug-likeness (QED) is 0.197. The summed E-state index contributed by atoms with van der Waals surface area (Å²) in [6, 6.07) is 34.5. The van der Waals surface area contributed by atoms with Crippen LogP contribution in [-0.4, -0.2) is 45.5 Å². The molecule has 1 saturated heterocycles. The number of hydrogen-bond acceptors (Lipinski definition) is 5. The number of carbonyl (C=O) groups is 1. The third-order valence-corrected chi connectivity index (χ3v) is 10.0. The van der Waals surface area contributed by atoms with Crippen molar-refractivity contribution in [3.05, 3.63) is 120 Å². The summed E-state index contributed by atoms with van der Waals surface area (Å²) >= 11 is 0. The molecule has 0 bridgehead atoms. The Hall–Kier alpha value is -3.94. The Bertz CT molecular complexity index is 1600. The number of likely N-dealkylation sites (tertiary alicyclic amines) is 1. The van der Waals surface area contributed by atoms with Gasteiger partial charge in [0, 0.05) is 19.6 Å². The number of nitrogens with zero attached hydrogens (tertiary/aromatic N) is 1. The fourth-order valence-corrected chi connectivity index (χ4v) is 7.05. The van der Waals surface area contributed by atoms with Crippen molar-refractivity contribution in [1.29, 1.82) is 0 Å². The molecule has 1 N–H and O–H groups in total. The summed E-state index contributed by atoms with van der Waals surface area (Å²) in [5.41, 5.74) is 4.32. The third-order valence-electron chi connectivity index (χ3n) is 8.61. The highest BCUT2D eigenvalue weighted by Gasteiger charge is 2.38. The molecule has 2 aliphatic rings. The summed E-state index contributed by atoms with van der Waals surface area (Å²) in [6.07, 6.45) is 4.04. The van der Waals surface area contributed by atoms with Crippen LogP contribution < -0.4 is 9.46 Å². The number of nitrogens with one attached hydrogen (secondary N) is 1. The molecule has 4 aromatic carbocycles. The van der Waals surface area contributed by atoms with Gasteiger partial charge < -0.3 is 4.74 Å². The zero-order valence-electron chi connectivity index (χ0n) is 24.3. The molecule has 1 amide bonds. The van der Waals surface area contributed by atoms with Gasteiger partial charge in [0.2, 0.25) is 5.91 Å². The zero-order valence-corrected chi connectivity index (χ0v) is 25.1. The molecule has 0 aromatic heterocycles. The van der Waals surface area contributed by atoms with Crippen molar-refractivity contribution in [2.45, 2.75) is 36.5 Å². The van der Waals surface area contributed by atoms with E-state index in [9.17, 15) is 13.2 Å². The minimum Gasteiger partial charge on any atom is -0.492 e. The summed E-state index contributed by atoms with van der Waals surface area (Å²) in [5, 5.41) is 0. The predicted octanol–water partition coefficient (Wildman–Crippen LogP) is 6.30. The fraction of sp³-hybridized carbons (Fsp3) is 0.306. The van der Waals surface area contributed by atoms with Crippen LogP contribution in [0.2, 0.25) is 0 Å². The molecule has 1 heterocycles. The van der Waals surface area contributed by atoms with E-state index in [0.29, 0.717) is 6.61 Å². The molecular formula is C36H38N2O4S. The van der Waals surface area contributed by atoms with Gasteiger partial charge in [0.05, 0.1) is 11.3 Å². The number of amides is 1. The Morgan fingerprint density at radius 2 is 1.42 bits per heavy atom. The van der Waals surface area contributed by atoms with Crippen molar-refractivity contribution in [3.63, 3.8) is 0 Å². The molecule has 1 aliphatic heterocycles. The maximum Gasteiger partial charge on any atom is 0.264 e. The van der Waals surface area contributed by atoms with E-state index in [1.165, 1.54) is 50.0 Å². The highest BCUT2D eigenvalue weighted by molar-refractivity contribution is 7.90. The van der Waals surface area contributed by atoms with Gasteiger partial charge in [-0.15, -0.1) is 0 Å². The summed E-state index contributed by atoms with van der Waals surface area (Å²) in [4.78, 5) is 14.9. The molecule has 43 heavy (non-hydrogen) atoms. The second kappa shape index (κ2) is 13.1. The summed E-state index contributed by atoms with van der Waals surface area (Å²) in [5.74, 6) is 2.80. The summed E-state index contributed by atoms with van der Waals surface area (Å²) in [6.45, 7) is 4.01. The Kier molecular flexibility index (Phi) is 8.91. The van der Waals surface area contributed by atoms with Crippen molar-refractivity contribution in [2.75, 3.05) is 26.2 Å². The Morgan fingerprint density at radius 3 is 2.09 bits per heavy atom. The SMILES string of the molecule is O=C(Cc1ccc(-c2ccc(OCCN3CC(CC[C@@H]4C[C@H]4c4ccccc4)C3)cc2)cc1)NS(=O)(=O)c1ccccc1. The van der Waals surface area contributed by atoms with Crippen LogP contribution in [0.3, 0.4) is 0 Å². The van der Waals surface area contributed by atoms with Crippen LogP contribution in [-0.2, 0) is 21.2 Å². The maximum absolute atomic E-state index is 12.4. The molecule has 0 spiro atoms. The number of sulfonamides is 1. The lowest BCUT2D eigenvalue weighted by atomic mass is 9.93. The van der Waals surface area contributed by atoms with Crippen LogP contribution >= 0.6 is 0 Å². The first-order chi connectivity index (χ1) is 20.9. The summed E-state index contributed by atoms with van der Waals surface area (Å²) < 4.78 is 32.9. The first-order valence-electron chi connectivity index (χ1n) is 15.1. The minimum absolute atomic E-state index is 0.0217. The van der Waals surface area contributed by atoms with E-state index >= 15 is 0 Å². The molecule has 6 rings (SSSR count). The van der Waals surface area contributed by atoms with Gasteiger partial charge in [-0.2, -0.15) is 0 Å². The van der Waals surface area contributed by atoms with E-state index in [-0.39, 0.29) is 11.3 Å². The van der Waals surface area contributed by atoms with Crippen LogP contribution in [0.1, 0.15) is 36.3 Å². The van der Waals surface area contributed by atoms with Crippen molar-refractivity contribution >= 4 is 15.9 Å². The Labute approximate surface area is 254 Å². The van der Waals surface area contributed by atoms with E-state index in [1.807, 2.05) is 48.5 Å². The van der Waals surface area contributed by atoms with Crippen LogP contribution in [0, 0.1) is 11.8 Å². The first kappa shape index (κ1) is 29.1. The smallest absolute Gasteiger partial charge is 0.264 e. The molecule has 222 valence electrons. The lowest BCUT2D eigenvalue weighted by molar-refractivity contribution is -0.118. The second-order valence-corrected chi connectivity index (χ2v) is 13.5. The Balaban J connectivity index is 0.883. The molecule has 2 atom stereocenters. The van der Waals surface area contributed by atoms with Crippen LogP contribution in [0.4, 0.5) is 0 Å². The highest BCUT2D eigenvalue weighted by Crippen LogP contribution is 2.50. The molecule has 7 heteroatoms. The molecule has 6 nitrogen and oxygen atoms in total. The molecular weight excluding hydrogens is 556 g/mol. The van der Waals surface area contributed by atoms with E-state index in [0.717, 1.165) is 46.7 Å². The van der Waals surface area contributed by atoms with Gasteiger partial charge in [0.25, 0.3) is 10.0 Å². The Morgan fingerprint density at radius 1 is 0.791 bits per heavy atom. The number of carbonyl (C=O) groups excluding carboxylic acids is 1. The van der Waals surface area contributed by atoms with E-state index in [2.05, 4.69) is 40.0 Å². The van der Waals surface area contributed by atoms with Gasteiger partial charge in [-0.3, -0.25) is 9.69 Å². The minimum atomic E-state index is -3.87. The molecule has 0 radical (unpaired) electrons. The second-order valence-electron chi connectivity index (χ2n) is 11.8. The summed E-state index contributed by atoms with van der Waals surface area (Å²) in [7, 11) is -3.87. The van der Waals surface area contributed by atoms with Gasteiger partial charge in [0.15, 0.2) is 0 Å². The number of benzene rings is 4. The topological polar surface area (TPSA) is 75.7 Å². The van der Waals surface area contributed by atoms with Gasteiger partial charge in [-0.05, 0) is 83.5 Å². The lowest BCUT2D eigenvalue weighted by Gasteiger charge is -2.39. The number of ether oxygens (including phenoxy) is 1. The number of rotatable bonds is 13. The molecule has 0 unspecified atom stereocenters. The normalized spacial score (nSPS) is 18.5. The van der Waals surface area contributed by atoms with Crippen molar-refractivity contribution in [3.8, 4) is 16.9 Å². The van der Waals surface area contributed by atoms with E-state index in [4.69, 9.17) is 4.74 Å². The zero-order chi connectivity index (χ0) is 29.6. The largest absolute Gasteiger partial charge is 0.492 e. The molecule has 4 aromatic rings. The predicted molar refractivity (Wildman–Crippen MR) is 169 cm³/mol. The number of hydrogen-bond donors (Lipinski definition) is 1. The molecule has 1 saturated carbocycles. The van der Waals surface area contributed by atoms with Crippen LogP contribution in [0.25, 0.3) is 11.1 Å². The van der Waals surface area contributed by atoms with Gasteiger partial charge in [-0.1, -0.05) is 84.9 Å². The first-order valence-corrected chi connectivity index (χ1v) is 16.6. The third kappa shape index (κ3) is 7.72. The monoisotopic (exact) mass is 594 g/mol. The van der Waals surface area contributed by atoms with Crippen molar-refractivity contribution < 1.29 is 17.9 Å². The molecule has 1 aliphatic carbocycles. The van der Waals surface area contributed by atoms with Gasteiger partial charge in [-0.25, -0.2) is 13.1 Å². The van der Waals surface area contributed by atoms with E-state index in [1.54, 1.807) is 18.2 Å². The standard InChI is InChI=1S/C36H38N2O4S/c39-36(37-43(40,41)34-9-5-2-6-10-34)23-27-11-14-29(15-12-27)30-17-19-33(20-18-30)42-22-21-38-25-28(26-38)13-16-32-24-35(32)31-7-3-1-4-8-31/h1-12,14-15,17-20,28,32,35H,13,16,21-26H2,(H,37,39)/t32-,35+/m1/s1. The average Bonchev–Trinajstić information content (AvgIpc) is 3.79.